The first-order chi connectivity index (χ1) is 8.71. The summed E-state index contributed by atoms with van der Waals surface area (Å²) in [5, 5.41) is 11.3. The van der Waals surface area contributed by atoms with Crippen molar-refractivity contribution in [3.63, 3.8) is 0 Å². The Bertz CT molecular complexity index is 366. The van der Waals surface area contributed by atoms with Crippen LogP contribution in [0.5, 0.6) is 0 Å². The van der Waals surface area contributed by atoms with E-state index in [-0.39, 0.29) is 5.92 Å². The van der Waals surface area contributed by atoms with Crippen LogP contribution in [-0.2, 0) is 14.3 Å². The third-order valence-electron chi connectivity index (χ3n) is 3.26. The molecule has 0 aliphatic heterocycles. The normalized spacial score (nSPS) is 17.8. The number of rotatable bonds is 3. The molecule has 1 aliphatic carbocycles. The molecule has 2 N–H and O–H groups in total. The van der Waals surface area contributed by atoms with E-state index in [1.54, 1.807) is 20.8 Å². The molecular weight excluding hydrogens is 250 g/mol. The third-order valence-corrected chi connectivity index (χ3v) is 3.26. The van der Waals surface area contributed by atoms with Crippen molar-refractivity contribution >= 4 is 18.0 Å². The van der Waals surface area contributed by atoms with Crippen molar-refractivity contribution in [1.82, 2.24) is 5.32 Å². The molecule has 0 aromatic rings. The smallest absolute Gasteiger partial charge is 0.415 e. The zero-order valence-corrected chi connectivity index (χ0v) is 11.6. The van der Waals surface area contributed by atoms with Crippen molar-refractivity contribution in [2.45, 2.75) is 52.5 Å². The van der Waals surface area contributed by atoms with Crippen molar-refractivity contribution in [1.29, 1.82) is 0 Å². The second kappa shape index (κ2) is 6.04. The fraction of sp³-hybridized carbons (Fsp3) is 0.769. The number of carboxylic acids is 1. The van der Waals surface area contributed by atoms with E-state index in [2.05, 4.69) is 10.1 Å². The van der Waals surface area contributed by atoms with Crippen LogP contribution in [0.3, 0.4) is 0 Å². The van der Waals surface area contributed by atoms with Crippen LogP contribution in [0.2, 0.25) is 0 Å². The van der Waals surface area contributed by atoms with Gasteiger partial charge in [0, 0.05) is 0 Å². The van der Waals surface area contributed by atoms with Gasteiger partial charge in [0.15, 0.2) is 0 Å². The SMILES string of the molecule is CC(C)(C)[C@H](NC(=O)OC(=O)C1CCCC1)C(=O)O. The van der Waals surface area contributed by atoms with E-state index in [9.17, 15) is 14.4 Å². The third kappa shape index (κ3) is 4.54. The molecule has 0 aromatic heterocycles. The highest BCUT2D eigenvalue weighted by Crippen LogP contribution is 2.26. The fourth-order valence-electron chi connectivity index (χ4n) is 2.13. The van der Waals surface area contributed by atoms with E-state index in [0.717, 1.165) is 25.7 Å². The molecule has 0 heterocycles. The molecule has 1 atom stereocenters. The number of carboxylic acid groups (broad SMARTS) is 1. The average molecular weight is 271 g/mol. The van der Waals surface area contributed by atoms with Crippen LogP contribution in [0.4, 0.5) is 4.79 Å². The van der Waals surface area contributed by atoms with Crippen LogP contribution in [0.25, 0.3) is 0 Å². The predicted octanol–water partition coefficient (Wildman–Crippen LogP) is 1.93. The monoisotopic (exact) mass is 271 g/mol. The summed E-state index contributed by atoms with van der Waals surface area (Å²) in [5.74, 6) is -1.95. The number of esters is 1. The average Bonchev–Trinajstić information content (AvgIpc) is 2.77. The van der Waals surface area contributed by atoms with Gasteiger partial charge in [0.1, 0.15) is 6.04 Å². The number of hydrogen-bond donors (Lipinski definition) is 2. The molecule has 6 heteroatoms. The summed E-state index contributed by atoms with van der Waals surface area (Å²) in [6.45, 7) is 5.06. The van der Waals surface area contributed by atoms with E-state index in [1.165, 1.54) is 0 Å². The second-order valence-corrected chi connectivity index (χ2v) is 5.97. The molecule has 108 valence electrons. The van der Waals surface area contributed by atoms with Crippen LogP contribution in [0, 0.1) is 11.3 Å². The number of nitrogens with one attached hydrogen (secondary N) is 1. The molecule has 0 saturated heterocycles. The summed E-state index contributed by atoms with van der Waals surface area (Å²) >= 11 is 0. The number of carbonyl (C=O) groups excluding carboxylic acids is 2. The first-order valence-electron chi connectivity index (χ1n) is 6.47. The molecule has 1 aliphatic rings. The van der Waals surface area contributed by atoms with E-state index in [4.69, 9.17) is 5.11 Å². The summed E-state index contributed by atoms with van der Waals surface area (Å²) < 4.78 is 4.66. The number of hydrogen-bond acceptors (Lipinski definition) is 4. The van der Waals surface area contributed by atoms with Gasteiger partial charge in [-0.05, 0) is 18.3 Å². The zero-order valence-electron chi connectivity index (χ0n) is 11.6. The molecular formula is C13H21NO5. The Morgan fingerprint density at radius 1 is 1.21 bits per heavy atom. The van der Waals surface area contributed by atoms with E-state index in [1.807, 2.05) is 0 Å². The largest absolute Gasteiger partial charge is 0.480 e. The molecule has 0 spiro atoms. The van der Waals surface area contributed by atoms with Gasteiger partial charge in [0.25, 0.3) is 0 Å². The van der Waals surface area contributed by atoms with E-state index in [0.29, 0.717) is 0 Å². The molecule has 1 fully saturated rings. The Kier molecular flexibility index (Phi) is 4.91. The summed E-state index contributed by atoms with van der Waals surface area (Å²) in [6, 6.07) is -1.10. The first kappa shape index (κ1) is 15.5. The van der Waals surface area contributed by atoms with E-state index >= 15 is 0 Å². The number of alkyl carbamates (subject to hydrolysis) is 1. The highest BCUT2D eigenvalue weighted by molar-refractivity contribution is 5.88. The Labute approximate surface area is 112 Å². The van der Waals surface area contributed by atoms with Crippen molar-refractivity contribution in [3.8, 4) is 0 Å². The molecule has 6 nitrogen and oxygen atoms in total. The highest BCUT2D eigenvalue weighted by atomic mass is 16.6. The lowest BCUT2D eigenvalue weighted by Gasteiger charge is -2.27. The molecule has 1 amide bonds. The maximum atomic E-state index is 11.6. The number of carbonyl (C=O) groups is 3. The quantitative estimate of drug-likeness (QED) is 0.604. The van der Waals surface area contributed by atoms with Gasteiger partial charge in [-0.15, -0.1) is 0 Å². The zero-order chi connectivity index (χ0) is 14.6. The minimum absolute atomic E-state index is 0.233. The van der Waals surface area contributed by atoms with Gasteiger partial charge in [-0.1, -0.05) is 33.6 Å². The van der Waals surface area contributed by atoms with Crippen molar-refractivity contribution in [2.24, 2.45) is 11.3 Å². The fourth-order valence-corrected chi connectivity index (χ4v) is 2.13. The summed E-state index contributed by atoms with van der Waals surface area (Å²) in [7, 11) is 0. The van der Waals surface area contributed by atoms with Gasteiger partial charge < -0.3 is 15.2 Å². The van der Waals surface area contributed by atoms with Gasteiger partial charge in [-0.2, -0.15) is 0 Å². The van der Waals surface area contributed by atoms with Crippen molar-refractivity contribution in [3.05, 3.63) is 0 Å². The molecule has 19 heavy (non-hydrogen) atoms. The lowest BCUT2D eigenvalue weighted by Crippen LogP contribution is -2.49. The molecule has 1 saturated carbocycles. The number of ether oxygens (including phenoxy) is 1. The van der Waals surface area contributed by atoms with Crippen LogP contribution in [-0.4, -0.2) is 29.2 Å². The van der Waals surface area contributed by atoms with Gasteiger partial charge in [-0.25, -0.2) is 9.59 Å². The molecule has 0 unspecified atom stereocenters. The van der Waals surface area contributed by atoms with Gasteiger partial charge in [0.05, 0.1) is 5.92 Å². The molecule has 0 aromatic carbocycles. The maximum Gasteiger partial charge on any atom is 0.415 e. The Morgan fingerprint density at radius 2 is 1.74 bits per heavy atom. The minimum atomic E-state index is -1.15. The van der Waals surface area contributed by atoms with Crippen molar-refractivity contribution < 1.29 is 24.2 Å². The number of aliphatic carboxylic acids is 1. The first-order valence-corrected chi connectivity index (χ1v) is 6.47. The second-order valence-electron chi connectivity index (χ2n) is 5.97. The van der Waals surface area contributed by atoms with Crippen LogP contribution < -0.4 is 5.32 Å². The maximum absolute atomic E-state index is 11.6. The van der Waals surface area contributed by atoms with Crippen LogP contribution >= 0.6 is 0 Å². The predicted molar refractivity (Wildman–Crippen MR) is 67.5 cm³/mol. The minimum Gasteiger partial charge on any atom is -0.480 e. The van der Waals surface area contributed by atoms with E-state index < -0.39 is 29.5 Å². The summed E-state index contributed by atoms with van der Waals surface area (Å²) in [6.07, 6.45) is 2.39. The Balaban J connectivity index is 2.53. The molecule has 0 bridgehead atoms. The lowest BCUT2D eigenvalue weighted by atomic mass is 9.87. The summed E-state index contributed by atoms with van der Waals surface area (Å²) in [5.41, 5.74) is -0.665. The summed E-state index contributed by atoms with van der Waals surface area (Å²) in [4.78, 5) is 34.2. The Hall–Kier alpha value is -1.59. The standard InChI is InChI=1S/C13H21NO5/c1-13(2,3)9(10(15)16)14-12(18)19-11(17)8-6-4-5-7-8/h8-9H,4-7H2,1-3H3,(H,14,18)(H,15,16)/t9-/m1/s1. The van der Waals surface area contributed by atoms with Crippen LogP contribution in [0.1, 0.15) is 46.5 Å². The highest BCUT2D eigenvalue weighted by Gasteiger charge is 2.34. The molecule has 0 radical (unpaired) electrons. The molecule has 1 rings (SSSR count). The lowest BCUT2D eigenvalue weighted by molar-refractivity contribution is -0.145. The number of amides is 1. The Morgan fingerprint density at radius 3 is 2.16 bits per heavy atom. The van der Waals surface area contributed by atoms with Gasteiger partial charge >= 0.3 is 18.0 Å². The van der Waals surface area contributed by atoms with Crippen LogP contribution in [0.15, 0.2) is 0 Å². The van der Waals surface area contributed by atoms with Gasteiger partial charge in [0.2, 0.25) is 0 Å². The van der Waals surface area contributed by atoms with Gasteiger partial charge in [-0.3, -0.25) is 4.79 Å². The topological polar surface area (TPSA) is 92.7 Å². The van der Waals surface area contributed by atoms with Crippen molar-refractivity contribution in [2.75, 3.05) is 0 Å².